The molecule has 3 heterocycles. The molecule has 0 N–H and O–H groups in total. The van der Waals surface area contributed by atoms with Crippen molar-refractivity contribution >= 4 is 17.3 Å². The van der Waals surface area contributed by atoms with E-state index in [2.05, 4.69) is 61.9 Å². The van der Waals surface area contributed by atoms with Gasteiger partial charge in [0.2, 0.25) is 0 Å². The largest absolute Gasteiger partial charge is 0.378 e. The number of hydrogen-bond donors (Lipinski definition) is 0. The second-order valence-corrected chi connectivity index (χ2v) is 6.65. The summed E-state index contributed by atoms with van der Waals surface area (Å²) in [5.74, 6) is 2.04. The Morgan fingerprint density at radius 3 is 2.12 bits per heavy atom. The van der Waals surface area contributed by atoms with Crippen LogP contribution in [-0.2, 0) is 4.74 Å². The predicted molar refractivity (Wildman–Crippen MR) is 101 cm³/mol. The van der Waals surface area contributed by atoms with Gasteiger partial charge in [-0.05, 0) is 24.6 Å². The van der Waals surface area contributed by atoms with Gasteiger partial charge in [0.25, 0.3) is 0 Å². The molecule has 6 nitrogen and oxygen atoms in total. The average molecular weight is 339 g/mol. The minimum Gasteiger partial charge on any atom is -0.378 e. The van der Waals surface area contributed by atoms with Crippen LogP contribution in [0.2, 0.25) is 0 Å². The number of anilines is 3. The van der Waals surface area contributed by atoms with Crippen LogP contribution >= 0.6 is 0 Å². The van der Waals surface area contributed by atoms with Crippen molar-refractivity contribution in [2.75, 3.05) is 67.2 Å². The fourth-order valence-electron chi connectivity index (χ4n) is 3.49. The van der Waals surface area contributed by atoms with Crippen molar-refractivity contribution in [3.63, 3.8) is 0 Å². The maximum atomic E-state index is 5.43. The lowest BCUT2D eigenvalue weighted by Gasteiger charge is -2.37. The van der Waals surface area contributed by atoms with Crippen molar-refractivity contribution in [2.24, 2.45) is 0 Å². The van der Waals surface area contributed by atoms with Crippen LogP contribution in [0.5, 0.6) is 0 Å². The zero-order valence-corrected chi connectivity index (χ0v) is 14.8. The highest BCUT2D eigenvalue weighted by atomic mass is 16.5. The third kappa shape index (κ3) is 3.69. The number of ether oxygens (including phenoxy) is 1. The molecule has 6 heteroatoms. The van der Waals surface area contributed by atoms with E-state index in [0.29, 0.717) is 0 Å². The highest BCUT2D eigenvalue weighted by Crippen LogP contribution is 2.22. The van der Waals surface area contributed by atoms with E-state index in [1.165, 1.54) is 11.3 Å². The van der Waals surface area contributed by atoms with Crippen LogP contribution in [0.25, 0.3) is 0 Å². The Labute approximate surface area is 149 Å². The maximum Gasteiger partial charge on any atom is 0.134 e. The monoisotopic (exact) mass is 339 g/mol. The van der Waals surface area contributed by atoms with E-state index < -0.39 is 0 Å². The summed E-state index contributed by atoms with van der Waals surface area (Å²) in [5.41, 5.74) is 2.63. The molecule has 1 aromatic heterocycles. The second kappa shape index (κ2) is 7.27. The van der Waals surface area contributed by atoms with E-state index in [0.717, 1.165) is 64.1 Å². The van der Waals surface area contributed by atoms with Crippen LogP contribution in [-0.4, -0.2) is 62.5 Å². The summed E-state index contributed by atoms with van der Waals surface area (Å²) in [4.78, 5) is 16.0. The van der Waals surface area contributed by atoms with Gasteiger partial charge < -0.3 is 19.4 Å². The van der Waals surface area contributed by atoms with Crippen molar-refractivity contribution < 1.29 is 4.74 Å². The minimum absolute atomic E-state index is 0.772. The van der Waals surface area contributed by atoms with E-state index in [1.54, 1.807) is 6.33 Å². The standard InChI is InChI=1S/C19H25N5O/c1-16-3-2-4-17(13-16)22-5-7-23(8-6-22)18-14-19(21-15-20-18)24-9-11-25-12-10-24/h2-4,13-15H,5-12H2,1H3. The number of aryl methyl sites for hydroxylation is 1. The Kier molecular flexibility index (Phi) is 4.70. The van der Waals surface area contributed by atoms with Gasteiger partial charge in [0.05, 0.1) is 13.2 Å². The Balaban J connectivity index is 1.42. The molecule has 132 valence electrons. The Morgan fingerprint density at radius 1 is 0.800 bits per heavy atom. The molecule has 2 aromatic rings. The van der Waals surface area contributed by atoms with Crippen molar-refractivity contribution in [2.45, 2.75) is 6.92 Å². The van der Waals surface area contributed by atoms with E-state index in [1.807, 2.05) is 0 Å². The Morgan fingerprint density at radius 2 is 1.44 bits per heavy atom. The van der Waals surface area contributed by atoms with Crippen molar-refractivity contribution in [3.8, 4) is 0 Å². The summed E-state index contributed by atoms with van der Waals surface area (Å²) in [5, 5.41) is 0. The van der Waals surface area contributed by atoms with Crippen LogP contribution in [0, 0.1) is 6.92 Å². The molecule has 2 aliphatic heterocycles. The zero-order chi connectivity index (χ0) is 17.1. The second-order valence-electron chi connectivity index (χ2n) is 6.65. The van der Waals surface area contributed by atoms with Crippen LogP contribution in [0.1, 0.15) is 5.56 Å². The maximum absolute atomic E-state index is 5.43. The smallest absolute Gasteiger partial charge is 0.134 e. The van der Waals surface area contributed by atoms with Gasteiger partial charge >= 0.3 is 0 Å². The zero-order valence-electron chi connectivity index (χ0n) is 14.8. The van der Waals surface area contributed by atoms with Gasteiger partial charge in [0, 0.05) is 51.0 Å². The van der Waals surface area contributed by atoms with Gasteiger partial charge in [-0.2, -0.15) is 0 Å². The molecule has 0 unspecified atom stereocenters. The summed E-state index contributed by atoms with van der Waals surface area (Å²) in [6.45, 7) is 9.48. The highest BCUT2D eigenvalue weighted by molar-refractivity contribution is 5.53. The molecule has 0 bridgehead atoms. The fraction of sp³-hybridized carbons (Fsp3) is 0.474. The molecule has 25 heavy (non-hydrogen) atoms. The predicted octanol–water partition coefficient (Wildman–Crippen LogP) is 1.95. The number of morpholine rings is 1. The molecule has 0 radical (unpaired) electrons. The average Bonchev–Trinajstić information content (AvgIpc) is 2.69. The molecule has 1 aromatic carbocycles. The molecule has 2 fully saturated rings. The topological polar surface area (TPSA) is 44.7 Å². The van der Waals surface area contributed by atoms with Gasteiger partial charge in [0.1, 0.15) is 18.0 Å². The van der Waals surface area contributed by atoms with Gasteiger partial charge in [0.15, 0.2) is 0 Å². The third-order valence-electron chi connectivity index (χ3n) is 4.94. The van der Waals surface area contributed by atoms with Crippen LogP contribution in [0.3, 0.4) is 0 Å². The first kappa shape index (κ1) is 16.1. The van der Waals surface area contributed by atoms with Crippen LogP contribution in [0.15, 0.2) is 36.7 Å². The minimum atomic E-state index is 0.772. The fourth-order valence-corrected chi connectivity index (χ4v) is 3.49. The molecule has 4 rings (SSSR count). The number of piperazine rings is 1. The molecular weight excluding hydrogens is 314 g/mol. The normalized spacial score (nSPS) is 18.5. The molecule has 2 saturated heterocycles. The number of hydrogen-bond acceptors (Lipinski definition) is 6. The lowest BCUT2D eigenvalue weighted by atomic mass is 10.2. The summed E-state index contributed by atoms with van der Waals surface area (Å²) in [6, 6.07) is 10.9. The molecular formula is C19H25N5O. The van der Waals surface area contributed by atoms with Gasteiger partial charge in [-0.25, -0.2) is 9.97 Å². The van der Waals surface area contributed by atoms with Gasteiger partial charge in [-0.1, -0.05) is 12.1 Å². The van der Waals surface area contributed by atoms with Crippen molar-refractivity contribution in [1.29, 1.82) is 0 Å². The van der Waals surface area contributed by atoms with Crippen LogP contribution < -0.4 is 14.7 Å². The van der Waals surface area contributed by atoms with E-state index in [-0.39, 0.29) is 0 Å². The molecule has 0 aliphatic carbocycles. The molecule has 0 atom stereocenters. The first-order valence-corrected chi connectivity index (χ1v) is 9.01. The van der Waals surface area contributed by atoms with E-state index in [4.69, 9.17) is 4.74 Å². The van der Waals surface area contributed by atoms with Crippen molar-refractivity contribution in [1.82, 2.24) is 9.97 Å². The quantitative estimate of drug-likeness (QED) is 0.852. The first-order chi connectivity index (χ1) is 12.3. The SMILES string of the molecule is Cc1cccc(N2CCN(c3cc(N4CCOCC4)ncn3)CC2)c1. The summed E-state index contributed by atoms with van der Waals surface area (Å²) >= 11 is 0. The molecule has 2 aliphatic rings. The highest BCUT2D eigenvalue weighted by Gasteiger charge is 2.20. The summed E-state index contributed by atoms with van der Waals surface area (Å²) in [7, 11) is 0. The summed E-state index contributed by atoms with van der Waals surface area (Å²) < 4.78 is 5.43. The van der Waals surface area contributed by atoms with Crippen LogP contribution in [0.4, 0.5) is 17.3 Å². The van der Waals surface area contributed by atoms with Gasteiger partial charge in [-0.3, -0.25) is 0 Å². The Hall–Kier alpha value is -2.34. The number of rotatable bonds is 3. The van der Waals surface area contributed by atoms with Gasteiger partial charge in [-0.15, -0.1) is 0 Å². The van der Waals surface area contributed by atoms with Crippen molar-refractivity contribution in [3.05, 3.63) is 42.2 Å². The molecule has 0 spiro atoms. The lowest BCUT2D eigenvalue weighted by molar-refractivity contribution is 0.122. The number of nitrogens with zero attached hydrogens (tertiary/aromatic N) is 5. The molecule has 0 amide bonds. The number of benzene rings is 1. The Bertz CT molecular complexity index is 708. The van der Waals surface area contributed by atoms with E-state index in [9.17, 15) is 0 Å². The third-order valence-corrected chi connectivity index (χ3v) is 4.94. The molecule has 0 saturated carbocycles. The number of aromatic nitrogens is 2. The summed E-state index contributed by atoms with van der Waals surface area (Å²) in [6.07, 6.45) is 1.69. The van der Waals surface area contributed by atoms with E-state index >= 15 is 0 Å². The first-order valence-electron chi connectivity index (χ1n) is 9.01. The lowest BCUT2D eigenvalue weighted by Crippen LogP contribution is -2.47.